The lowest BCUT2D eigenvalue weighted by Gasteiger charge is -1.99. The van der Waals surface area contributed by atoms with Gasteiger partial charge in [0.2, 0.25) is 5.91 Å². The Bertz CT molecular complexity index is 363. The van der Waals surface area contributed by atoms with Crippen LogP contribution in [0.2, 0.25) is 5.02 Å². The van der Waals surface area contributed by atoms with Crippen molar-refractivity contribution in [3.63, 3.8) is 0 Å². The molecule has 1 atom stereocenters. The summed E-state index contributed by atoms with van der Waals surface area (Å²) in [5.41, 5.74) is 5.60. The van der Waals surface area contributed by atoms with E-state index in [0.717, 1.165) is 5.56 Å². The van der Waals surface area contributed by atoms with Gasteiger partial charge in [-0.15, -0.1) is 0 Å². The van der Waals surface area contributed by atoms with Crippen LogP contribution in [0.15, 0.2) is 30.3 Å². The first kappa shape index (κ1) is 10.8. The minimum absolute atomic E-state index is 0.556. The summed E-state index contributed by atoms with van der Waals surface area (Å²) in [6, 6.07) is 7.09. The highest BCUT2D eigenvalue weighted by molar-refractivity contribution is 6.32. The molecule has 1 aromatic rings. The van der Waals surface area contributed by atoms with E-state index in [1.54, 1.807) is 24.3 Å². The van der Waals surface area contributed by atoms with Gasteiger partial charge in [0, 0.05) is 5.02 Å². The molecule has 4 heteroatoms. The van der Waals surface area contributed by atoms with Crippen LogP contribution in [0.5, 0.6) is 0 Å². The molecule has 0 spiro atoms. The van der Waals surface area contributed by atoms with Gasteiger partial charge < -0.3 is 10.8 Å². The van der Waals surface area contributed by atoms with Crippen molar-refractivity contribution in [3.05, 3.63) is 40.9 Å². The third kappa shape index (κ3) is 2.87. The molecule has 0 aromatic heterocycles. The first-order valence-corrected chi connectivity index (χ1v) is 4.39. The van der Waals surface area contributed by atoms with E-state index >= 15 is 0 Å². The molecule has 74 valence electrons. The Balaban J connectivity index is 2.78. The quantitative estimate of drug-likeness (QED) is 0.789. The Labute approximate surface area is 86.8 Å². The average molecular weight is 212 g/mol. The maximum Gasteiger partial charge on any atom is 0.250 e. The lowest BCUT2D eigenvalue weighted by atomic mass is 10.2. The van der Waals surface area contributed by atoms with Crippen molar-refractivity contribution in [1.82, 2.24) is 0 Å². The van der Waals surface area contributed by atoms with Crippen molar-refractivity contribution in [3.8, 4) is 0 Å². The molecule has 0 saturated heterocycles. The van der Waals surface area contributed by atoms with Crippen LogP contribution in [-0.2, 0) is 4.79 Å². The number of amides is 1. The van der Waals surface area contributed by atoms with Crippen LogP contribution in [0.3, 0.4) is 0 Å². The van der Waals surface area contributed by atoms with E-state index in [9.17, 15) is 4.79 Å². The van der Waals surface area contributed by atoms with Crippen molar-refractivity contribution in [2.45, 2.75) is 6.10 Å². The molecule has 1 aromatic carbocycles. The molecule has 0 aliphatic carbocycles. The third-order valence-corrected chi connectivity index (χ3v) is 2.00. The summed E-state index contributed by atoms with van der Waals surface area (Å²) in [6.07, 6.45) is 1.58. The Hall–Kier alpha value is -1.32. The number of aliphatic hydroxyl groups is 1. The van der Waals surface area contributed by atoms with Gasteiger partial charge in [-0.05, 0) is 17.7 Å². The highest BCUT2D eigenvalue weighted by Crippen LogP contribution is 2.16. The molecule has 0 fully saturated rings. The van der Waals surface area contributed by atoms with Gasteiger partial charge in [0.05, 0.1) is 0 Å². The number of benzene rings is 1. The lowest BCUT2D eigenvalue weighted by molar-refractivity contribution is -0.123. The summed E-state index contributed by atoms with van der Waals surface area (Å²) in [4.78, 5) is 10.5. The predicted octanol–water partition coefficient (Wildman–Crippen LogP) is 1.20. The van der Waals surface area contributed by atoms with Gasteiger partial charge in [0.15, 0.2) is 6.10 Å². The highest BCUT2D eigenvalue weighted by Gasteiger charge is 2.05. The van der Waals surface area contributed by atoms with Gasteiger partial charge in [0.1, 0.15) is 0 Å². The van der Waals surface area contributed by atoms with Gasteiger partial charge in [-0.2, -0.15) is 0 Å². The number of nitrogens with two attached hydrogens (primary N) is 1. The number of primary amides is 1. The minimum Gasteiger partial charge on any atom is -0.379 e. The third-order valence-electron chi connectivity index (χ3n) is 1.65. The SMILES string of the molecule is NC(=O)C(O)C=Cc1ccccc1Cl. The van der Waals surface area contributed by atoms with Crippen LogP contribution < -0.4 is 5.73 Å². The Morgan fingerprint density at radius 1 is 1.50 bits per heavy atom. The zero-order valence-electron chi connectivity index (χ0n) is 7.35. The Morgan fingerprint density at radius 3 is 2.71 bits per heavy atom. The summed E-state index contributed by atoms with van der Waals surface area (Å²) in [5.74, 6) is -0.784. The van der Waals surface area contributed by atoms with Gasteiger partial charge in [-0.25, -0.2) is 0 Å². The molecule has 14 heavy (non-hydrogen) atoms. The number of aliphatic hydroxyl groups excluding tert-OH is 1. The fourth-order valence-corrected chi connectivity index (χ4v) is 1.10. The molecule has 3 N–H and O–H groups in total. The second-order valence-corrected chi connectivity index (χ2v) is 3.14. The molecule has 1 rings (SSSR count). The average Bonchev–Trinajstić information content (AvgIpc) is 2.16. The molecule has 0 radical (unpaired) electrons. The van der Waals surface area contributed by atoms with E-state index in [1.165, 1.54) is 6.08 Å². The lowest BCUT2D eigenvalue weighted by Crippen LogP contribution is -2.25. The van der Waals surface area contributed by atoms with Crippen molar-refractivity contribution < 1.29 is 9.90 Å². The van der Waals surface area contributed by atoms with Crippen LogP contribution in [0, 0.1) is 0 Å². The number of carbonyl (C=O) groups excluding carboxylic acids is 1. The second-order valence-electron chi connectivity index (χ2n) is 2.73. The number of halogens is 1. The molecule has 0 aliphatic heterocycles. The monoisotopic (exact) mass is 211 g/mol. The van der Waals surface area contributed by atoms with Crippen molar-refractivity contribution in [2.75, 3.05) is 0 Å². The Morgan fingerprint density at radius 2 is 2.14 bits per heavy atom. The summed E-state index contributed by atoms with van der Waals surface area (Å²) in [7, 11) is 0. The van der Waals surface area contributed by atoms with Crippen molar-refractivity contribution in [1.29, 1.82) is 0 Å². The maximum absolute atomic E-state index is 10.5. The standard InChI is InChI=1S/C10H10ClNO2/c11-8-4-2-1-3-7(8)5-6-9(13)10(12)14/h1-6,9,13H,(H2,12,14). The topological polar surface area (TPSA) is 63.3 Å². The van der Waals surface area contributed by atoms with E-state index in [0.29, 0.717) is 5.02 Å². The summed E-state index contributed by atoms with van der Waals surface area (Å²) < 4.78 is 0. The largest absolute Gasteiger partial charge is 0.379 e. The first-order valence-electron chi connectivity index (χ1n) is 4.01. The molecular weight excluding hydrogens is 202 g/mol. The second kappa shape index (κ2) is 4.79. The van der Waals surface area contributed by atoms with Crippen molar-refractivity contribution in [2.24, 2.45) is 5.73 Å². The van der Waals surface area contributed by atoms with Crippen LogP contribution >= 0.6 is 11.6 Å². The first-order chi connectivity index (χ1) is 6.61. The molecule has 3 nitrogen and oxygen atoms in total. The normalized spacial score (nSPS) is 13.0. The number of hydrogen-bond acceptors (Lipinski definition) is 2. The smallest absolute Gasteiger partial charge is 0.250 e. The fraction of sp³-hybridized carbons (Fsp3) is 0.100. The van der Waals surface area contributed by atoms with E-state index < -0.39 is 12.0 Å². The van der Waals surface area contributed by atoms with Gasteiger partial charge in [-0.1, -0.05) is 35.9 Å². The molecule has 0 aliphatic rings. The van der Waals surface area contributed by atoms with Crippen LogP contribution in [0.25, 0.3) is 6.08 Å². The van der Waals surface area contributed by atoms with E-state index in [-0.39, 0.29) is 0 Å². The van der Waals surface area contributed by atoms with E-state index in [2.05, 4.69) is 0 Å². The van der Waals surface area contributed by atoms with E-state index in [4.69, 9.17) is 22.4 Å². The summed E-state index contributed by atoms with van der Waals surface area (Å²) >= 11 is 5.84. The molecule has 0 heterocycles. The zero-order valence-corrected chi connectivity index (χ0v) is 8.11. The van der Waals surface area contributed by atoms with Crippen LogP contribution in [0.4, 0.5) is 0 Å². The molecule has 0 saturated carbocycles. The number of rotatable bonds is 3. The van der Waals surface area contributed by atoms with Gasteiger partial charge in [0.25, 0.3) is 0 Å². The zero-order chi connectivity index (χ0) is 10.6. The maximum atomic E-state index is 10.5. The van der Waals surface area contributed by atoms with Crippen molar-refractivity contribution >= 4 is 23.6 Å². The summed E-state index contributed by atoms with van der Waals surface area (Å²) in [6.45, 7) is 0. The minimum atomic E-state index is -1.27. The molecular formula is C10H10ClNO2. The van der Waals surface area contributed by atoms with Crippen LogP contribution in [0.1, 0.15) is 5.56 Å². The number of carbonyl (C=O) groups is 1. The Kier molecular flexibility index (Phi) is 3.68. The molecule has 1 unspecified atom stereocenters. The van der Waals surface area contributed by atoms with E-state index in [1.807, 2.05) is 6.07 Å². The fourth-order valence-electron chi connectivity index (χ4n) is 0.900. The van der Waals surface area contributed by atoms with Gasteiger partial charge in [-0.3, -0.25) is 4.79 Å². The predicted molar refractivity (Wildman–Crippen MR) is 55.7 cm³/mol. The number of hydrogen-bond donors (Lipinski definition) is 2. The summed E-state index contributed by atoms with van der Waals surface area (Å²) in [5, 5.41) is 9.63. The highest BCUT2D eigenvalue weighted by atomic mass is 35.5. The van der Waals surface area contributed by atoms with Crippen LogP contribution in [-0.4, -0.2) is 17.1 Å². The molecule has 1 amide bonds. The molecule has 0 bridgehead atoms. The van der Waals surface area contributed by atoms with Gasteiger partial charge >= 0.3 is 0 Å².